The number of unbranched alkanes of at least 4 members (excludes halogenated alkanes) is 4. The number of thioether (sulfide) groups is 1. The lowest BCUT2D eigenvalue weighted by Gasteiger charge is -2.32. The van der Waals surface area contributed by atoms with Gasteiger partial charge in [0.15, 0.2) is 5.17 Å². The maximum absolute atomic E-state index is 13.1. The molecule has 3 rings (SSSR count). The number of carbonyl (C=O) groups excluding carboxylic acids is 2. The molecule has 1 aliphatic rings. The van der Waals surface area contributed by atoms with Crippen LogP contribution >= 0.6 is 11.8 Å². The Balaban J connectivity index is 1.76. The van der Waals surface area contributed by atoms with Crippen molar-refractivity contribution >= 4 is 40.1 Å². The summed E-state index contributed by atoms with van der Waals surface area (Å²) in [7, 11) is 3.19. The van der Waals surface area contributed by atoms with Gasteiger partial charge in [-0.3, -0.25) is 14.5 Å². The SMILES string of the molecule is CCCCCCCN1C(=O)CC(C(=O)Nc2cccc(OC)c2)SC1=Nc1ccc(OC)cc1. The van der Waals surface area contributed by atoms with Crippen LogP contribution in [0.3, 0.4) is 0 Å². The van der Waals surface area contributed by atoms with Gasteiger partial charge in [0.05, 0.1) is 19.9 Å². The van der Waals surface area contributed by atoms with Gasteiger partial charge in [-0.05, 0) is 42.8 Å². The zero-order chi connectivity index (χ0) is 24.3. The highest BCUT2D eigenvalue weighted by Gasteiger charge is 2.35. The fourth-order valence-corrected chi connectivity index (χ4v) is 4.75. The number of rotatable bonds is 11. The van der Waals surface area contributed by atoms with Gasteiger partial charge in [-0.15, -0.1) is 0 Å². The van der Waals surface area contributed by atoms with Crippen molar-refractivity contribution in [2.45, 2.75) is 50.7 Å². The first-order chi connectivity index (χ1) is 16.5. The quantitative estimate of drug-likeness (QED) is 0.419. The Hall–Kier alpha value is -3.00. The van der Waals surface area contributed by atoms with E-state index in [1.165, 1.54) is 24.6 Å². The second-order valence-corrected chi connectivity index (χ2v) is 9.25. The fraction of sp³-hybridized carbons (Fsp3) is 0.423. The van der Waals surface area contributed by atoms with Crippen LogP contribution < -0.4 is 14.8 Å². The number of ether oxygens (including phenoxy) is 2. The van der Waals surface area contributed by atoms with Gasteiger partial charge in [-0.1, -0.05) is 50.4 Å². The minimum atomic E-state index is -0.563. The molecule has 0 spiro atoms. The molecule has 1 atom stereocenters. The lowest BCUT2D eigenvalue weighted by Crippen LogP contribution is -2.45. The summed E-state index contributed by atoms with van der Waals surface area (Å²) in [5.74, 6) is 1.09. The topological polar surface area (TPSA) is 80.2 Å². The molecule has 0 aliphatic carbocycles. The van der Waals surface area contributed by atoms with Crippen LogP contribution in [0.4, 0.5) is 11.4 Å². The number of carbonyl (C=O) groups is 2. The lowest BCUT2D eigenvalue weighted by atomic mass is 10.1. The van der Waals surface area contributed by atoms with Gasteiger partial charge < -0.3 is 14.8 Å². The summed E-state index contributed by atoms with van der Waals surface area (Å²) in [5.41, 5.74) is 1.34. The molecule has 8 heteroatoms. The van der Waals surface area contributed by atoms with Crippen LogP contribution in [-0.4, -0.2) is 47.9 Å². The zero-order valence-electron chi connectivity index (χ0n) is 20.1. The first-order valence-electron chi connectivity index (χ1n) is 11.7. The van der Waals surface area contributed by atoms with E-state index in [0.717, 1.165) is 25.0 Å². The van der Waals surface area contributed by atoms with Crippen LogP contribution in [0.5, 0.6) is 11.5 Å². The summed E-state index contributed by atoms with van der Waals surface area (Å²) in [6.45, 7) is 2.79. The smallest absolute Gasteiger partial charge is 0.238 e. The van der Waals surface area contributed by atoms with Crippen molar-refractivity contribution in [1.82, 2.24) is 4.90 Å². The van der Waals surface area contributed by atoms with Crippen LogP contribution in [0.1, 0.15) is 45.4 Å². The van der Waals surface area contributed by atoms with Crippen molar-refractivity contribution in [3.05, 3.63) is 48.5 Å². The lowest BCUT2D eigenvalue weighted by molar-refractivity contribution is -0.129. The summed E-state index contributed by atoms with van der Waals surface area (Å²) < 4.78 is 10.5. The molecule has 0 radical (unpaired) electrons. The number of nitrogens with zero attached hydrogens (tertiary/aromatic N) is 2. The number of methoxy groups -OCH3 is 2. The Bertz CT molecular complexity index is 994. The third-order valence-electron chi connectivity index (χ3n) is 5.55. The second-order valence-electron chi connectivity index (χ2n) is 8.08. The van der Waals surface area contributed by atoms with Crippen LogP contribution in [0.15, 0.2) is 53.5 Å². The molecular formula is C26H33N3O4S. The van der Waals surface area contributed by atoms with Crippen LogP contribution in [0.2, 0.25) is 0 Å². The van der Waals surface area contributed by atoms with Gasteiger partial charge in [-0.25, -0.2) is 4.99 Å². The number of aliphatic imine (C=N–C) groups is 1. The molecule has 2 aromatic rings. The summed E-state index contributed by atoms with van der Waals surface area (Å²) >= 11 is 1.33. The van der Waals surface area contributed by atoms with Crippen molar-refractivity contribution < 1.29 is 19.1 Å². The molecule has 1 saturated heterocycles. The molecule has 2 amide bonds. The Kier molecular flexibility index (Phi) is 9.82. The molecule has 1 aliphatic heterocycles. The van der Waals surface area contributed by atoms with Crippen molar-refractivity contribution in [2.24, 2.45) is 4.99 Å². The average molecular weight is 484 g/mol. The number of anilines is 1. The van der Waals surface area contributed by atoms with Crippen molar-refractivity contribution in [3.63, 3.8) is 0 Å². The van der Waals surface area contributed by atoms with Crippen molar-refractivity contribution in [1.29, 1.82) is 0 Å². The summed E-state index contributed by atoms with van der Waals surface area (Å²) in [6.07, 6.45) is 5.64. The van der Waals surface area contributed by atoms with Gasteiger partial charge in [-0.2, -0.15) is 0 Å². The van der Waals surface area contributed by atoms with E-state index in [1.54, 1.807) is 31.3 Å². The first-order valence-corrected chi connectivity index (χ1v) is 12.6. The molecule has 34 heavy (non-hydrogen) atoms. The predicted octanol–water partition coefficient (Wildman–Crippen LogP) is 5.63. The monoisotopic (exact) mass is 483 g/mol. The Morgan fingerprint density at radius 1 is 1.06 bits per heavy atom. The van der Waals surface area contributed by atoms with Crippen LogP contribution in [0.25, 0.3) is 0 Å². The Morgan fingerprint density at radius 3 is 2.50 bits per heavy atom. The van der Waals surface area contributed by atoms with E-state index in [0.29, 0.717) is 28.8 Å². The second kappa shape index (κ2) is 13.0. The highest BCUT2D eigenvalue weighted by atomic mass is 32.2. The largest absolute Gasteiger partial charge is 0.497 e. The predicted molar refractivity (Wildman–Crippen MR) is 138 cm³/mol. The van der Waals surface area contributed by atoms with Crippen molar-refractivity contribution in [3.8, 4) is 11.5 Å². The molecule has 1 N–H and O–H groups in total. The van der Waals surface area contributed by atoms with Gasteiger partial charge in [0.25, 0.3) is 0 Å². The molecule has 0 saturated carbocycles. The zero-order valence-corrected chi connectivity index (χ0v) is 20.9. The molecule has 1 fully saturated rings. The normalized spacial score (nSPS) is 17.0. The summed E-state index contributed by atoms with van der Waals surface area (Å²) in [4.78, 5) is 32.6. The van der Waals surface area contributed by atoms with Crippen LogP contribution in [-0.2, 0) is 9.59 Å². The van der Waals surface area contributed by atoms with E-state index in [2.05, 4.69) is 12.2 Å². The van der Waals surface area contributed by atoms with E-state index < -0.39 is 5.25 Å². The number of amides is 2. The molecular weight excluding hydrogens is 450 g/mol. The van der Waals surface area contributed by atoms with E-state index in [1.807, 2.05) is 36.4 Å². The standard InChI is InChI=1S/C26H33N3O4S/c1-4-5-6-7-8-16-29-24(30)18-23(25(31)27-20-10-9-11-22(17-20)33-3)34-26(29)28-19-12-14-21(32-2)15-13-19/h9-15,17,23H,4-8,16,18H2,1-3H3,(H,27,31). The van der Waals surface area contributed by atoms with Gasteiger partial charge >= 0.3 is 0 Å². The van der Waals surface area contributed by atoms with Gasteiger partial charge in [0, 0.05) is 24.7 Å². The number of amidine groups is 1. The molecule has 0 aromatic heterocycles. The maximum Gasteiger partial charge on any atom is 0.238 e. The van der Waals surface area contributed by atoms with E-state index in [4.69, 9.17) is 14.5 Å². The Morgan fingerprint density at radius 2 is 1.79 bits per heavy atom. The molecule has 182 valence electrons. The number of hydrogen-bond acceptors (Lipinski definition) is 6. The molecule has 7 nitrogen and oxygen atoms in total. The third kappa shape index (κ3) is 7.25. The minimum Gasteiger partial charge on any atom is -0.497 e. The summed E-state index contributed by atoms with van der Waals surface area (Å²) in [6, 6.07) is 14.5. The highest BCUT2D eigenvalue weighted by molar-refractivity contribution is 8.15. The first kappa shape index (κ1) is 25.6. The third-order valence-corrected chi connectivity index (χ3v) is 6.74. The van der Waals surface area contributed by atoms with Crippen LogP contribution in [0, 0.1) is 0 Å². The molecule has 1 heterocycles. The summed E-state index contributed by atoms with van der Waals surface area (Å²) in [5, 5.41) is 2.90. The molecule has 0 bridgehead atoms. The number of hydrogen-bond donors (Lipinski definition) is 1. The molecule has 1 unspecified atom stereocenters. The Labute approximate surface area is 205 Å². The van der Waals surface area contributed by atoms with E-state index in [-0.39, 0.29) is 18.2 Å². The molecule has 2 aromatic carbocycles. The average Bonchev–Trinajstić information content (AvgIpc) is 2.85. The minimum absolute atomic E-state index is 0.0766. The van der Waals surface area contributed by atoms with Gasteiger partial charge in [0.1, 0.15) is 16.7 Å². The number of nitrogens with one attached hydrogen (secondary N) is 1. The maximum atomic E-state index is 13.1. The number of benzene rings is 2. The van der Waals surface area contributed by atoms with Crippen molar-refractivity contribution in [2.75, 3.05) is 26.1 Å². The van der Waals surface area contributed by atoms with Gasteiger partial charge in [0.2, 0.25) is 11.8 Å². The van der Waals surface area contributed by atoms with E-state index in [9.17, 15) is 9.59 Å². The van der Waals surface area contributed by atoms with E-state index >= 15 is 0 Å². The highest BCUT2D eigenvalue weighted by Crippen LogP contribution is 2.31. The fourth-order valence-electron chi connectivity index (χ4n) is 3.63.